The Morgan fingerprint density at radius 3 is 2.45 bits per heavy atom. The van der Waals surface area contributed by atoms with E-state index in [1.807, 2.05) is 13.8 Å². The van der Waals surface area contributed by atoms with Gasteiger partial charge in [0.25, 0.3) is 0 Å². The van der Waals surface area contributed by atoms with Crippen molar-refractivity contribution in [2.45, 2.75) is 39.3 Å². The lowest BCUT2D eigenvalue weighted by Crippen LogP contribution is -2.50. The van der Waals surface area contributed by atoms with Gasteiger partial charge < -0.3 is 9.64 Å². The second kappa shape index (κ2) is 7.38. The van der Waals surface area contributed by atoms with Crippen molar-refractivity contribution < 1.29 is 9.53 Å². The van der Waals surface area contributed by atoms with Crippen LogP contribution in [-0.2, 0) is 9.53 Å². The highest BCUT2D eigenvalue weighted by Gasteiger charge is 2.30. The Morgan fingerprint density at radius 1 is 1.15 bits per heavy atom. The number of hydrogen-bond donors (Lipinski definition) is 0. The number of carbonyl (C=O) groups excluding carboxylic acids is 1. The maximum Gasteiger partial charge on any atom is 0.320 e. The van der Waals surface area contributed by atoms with Gasteiger partial charge in [-0.3, -0.25) is 14.6 Å². The molecule has 2 heterocycles. The Labute approximate surface area is 122 Å². The summed E-state index contributed by atoms with van der Waals surface area (Å²) in [5.41, 5.74) is 0. The van der Waals surface area contributed by atoms with Gasteiger partial charge in [0.1, 0.15) is 0 Å². The average Bonchev–Trinajstić information content (AvgIpc) is 2.86. The first kappa shape index (κ1) is 15.7. The molecule has 2 aliphatic heterocycles. The quantitative estimate of drug-likeness (QED) is 0.692. The smallest absolute Gasteiger partial charge is 0.320 e. The van der Waals surface area contributed by atoms with E-state index in [-0.39, 0.29) is 12.1 Å². The van der Waals surface area contributed by atoms with Gasteiger partial charge in [-0.2, -0.15) is 0 Å². The summed E-state index contributed by atoms with van der Waals surface area (Å²) >= 11 is 0. The van der Waals surface area contributed by atoms with Crippen molar-refractivity contribution >= 4 is 5.97 Å². The molecule has 0 aromatic heterocycles. The van der Waals surface area contributed by atoms with Gasteiger partial charge in [-0.25, -0.2) is 0 Å². The highest BCUT2D eigenvalue weighted by Crippen LogP contribution is 2.17. The third kappa shape index (κ3) is 4.43. The molecule has 0 saturated carbocycles. The van der Waals surface area contributed by atoms with Crippen LogP contribution in [0, 0.1) is 0 Å². The minimum Gasteiger partial charge on any atom is -0.462 e. The molecule has 0 radical (unpaired) electrons. The highest BCUT2D eigenvalue weighted by molar-refractivity contribution is 5.71. The van der Waals surface area contributed by atoms with Crippen molar-refractivity contribution in [3.8, 4) is 0 Å². The zero-order chi connectivity index (χ0) is 14.5. The highest BCUT2D eigenvalue weighted by atomic mass is 16.5. The van der Waals surface area contributed by atoms with E-state index in [0.29, 0.717) is 12.6 Å². The fourth-order valence-electron chi connectivity index (χ4n) is 3.18. The van der Waals surface area contributed by atoms with Gasteiger partial charge >= 0.3 is 5.97 Å². The minimum absolute atomic E-state index is 0.0111. The standard InChI is InChI=1S/C15H29N3O2/c1-4-16-7-9-18(10-8-16)14-5-6-17(11-14)12-15(19)20-13(2)3/h13-14H,4-12H2,1-3H3. The summed E-state index contributed by atoms with van der Waals surface area (Å²) in [6.07, 6.45) is 1.17. The lowest BCUT2D eigenvalue weighted by molar-refractivity contribution is -0.148. The number of hydrogen-bond acceptors (Lipinski definition) is 5. The van der Waals surface area contributed by atoms with Crippen LogP contribution in [-0.4, -0.2) is 85.2 Å². The SMILES string of the molecule is CCN1CCN(C2CCN(CC(=O)OC(C)C)C2)CC1. The molecule has 0 aromatic carbocycles. The van der Waals surface area contributed by atoms with Crippen LogP contribution in [0.3, 0.4) is 0 Å². The summed E-state index contributed by atoms with van der Waals surface area (Å²) in [5.74, 6) is -0.0866. The molecule has 0 aromatic rings. The molecule has 2 fully saturated rings. The lowest BCUT2D eigenvalue weighted by Gasteiger charge is -2.37. The third-order valence-corrected chi connectivity index (χ3v) is 4.34. The molecule has 0 aliphatic carbocycles. The van der Waals surface area contributed by atoms with E-state index in [9.17, 15) is 4.79 Å². The van der Waals surface area contributed by atoms with Crippen LogP contribution in [0.1, 0.15) is 27.2 Å². The fraction of sp³-hybridized carbons (Fsp3) is 0.933. The molecule has 0 bridgehead atoms. The topological polar surface area (TPSA) is 36.0 Å². The van der Waals surface area contributed by atoms with E-state index >= 15 is 0 Å². The molecule has 5 nitrogen and oxygen atoms in total. The van der Waals surface area contributed by atoms with E-state index in [1.54, 1.807) is 0 Å². The van der Waals surface area contributed by atoms with Gasteiger partial charge in [-0.15, -0.1) is 0 Å². The second-order valence-electron chi connectivity index (χ2n) is 6.19. The molecule has 0 spiro atoms. The Balaban J connectivity index is 1.71. The van der Waals surface area contributed by atoms with Crippen LogP contribution in [0.25, 0.3) is 0 Å². The molecule has 116 valence electrons. The predicted molar refractivity (Wildman–Crippen MR) is 79.8 cm³/mol. The van der Waals surface area contributed by atoms with Crippen LogP contribution >= 0.6 is 0 Å². The summed E-state index contributed by atoms with van der Waals surface area (Å²) in [6, 6.07) is 0.626. The summed E-state index contributed by atoms with van der Waals surface area (Å²) in [4.78, 5) is 19.0. The Morgan fingerprint density at radius 2 is 1.85 bits per heavy atom. The zero-order valence-electron chi connectivity index (χ0n) is 13.2. The molecular weight excluding hydrogens is 254 g/mol. The molecule has 2 rings (SSSR count). The first-order valence-electron chi connectivity index (χ1n) is 7.96. The molecule has 1 unspecified atom stereocenters. The van der Waals surface area contributed by atoms with Crippen molar-refractivity contribution in [3.05, 3.63) is 0 Å². The van der Waals surface area contributed by atoms with Crippen LogP contribution in [0.15, 0.2) is 0 Å². The van der Waals surface area contributed by atoms with E-state index in [0.717, 1.165) is 19.6 Å². The number of rotatable bonds is 5. The summed E-state index contributed by atoms with van der Waals surface area (Å²) in [6.45, 7) is 14.4. The van der Waals surface area contributed by atoms with Crippen LogP contribution in [0.2, 0.25) is 0 Å². The summed E-state index contributed by atoms with van der Waals surface area (Å²) in [5, 5.41) is 0. The number of likely N-dealkylation sites (tertiary alicyclic amines) is 1. The van der Waals surface area contributed by atoms with E-state index < -0.39 is 0 Å². The van der Waals surface area contributed by atoms with Gasteiger partial charge in [0.15, 0.2) is 0 Å². The molecule has 2 aliphatic rings. The number of likely N-dealkylation sites (N-methyl/N-ethyl adjacent to an activating group) is 1. The third-order valence-electron chi connectivity index (χ3n) is 4.34. The van der Waals surface area contributed by atoms with Gasteiger partial charge in [-0.05, 0) is 26.8 Å². The van der Waals surface area contributed by atoms with Gasteiger partial charge in [-0.1, -0.05) is 6.92 Å². The summed E-state index contributed by atoms with van der Waals surface area (Å²) in [7, 11) is 0. The van der Waals surface area contributed by atoms with Crippen molar-refractivity contribution in [1.82, 2.24) is 14.7 Å². The van der Waals surface area contributed by atoms with Gasteiger partial charge in [0.05, 0.1) is 12.6 Å². The monoisotopic (exact) mass is 283 g/mol. The summed E-state index contributed by atoms with van der Waals surface area (Å²) < 4.78 is 5.22. The molecular formula is C15H29N3O2. The average molecular weight is 283 g/mol. The molecule has 2 saturated heterocycles. The van der Waals surface area contributed by atoms with Crippen LogP contribution in [0.5, 0.6) is 0 Å². The minimum atomic E-state index is -0.0866. The number of nitrogens with zero attached hydrogens (tertiary/aromatic N) is 3. The van der Waals surface area contributed by atoms with Gasteiger partial charge in [0.2, 0.25) is 0 Å². The van der Waals surface area contributed by atoms with Crippen molar-refractivity contribution in [3.63, 3.8) is 0 Å². The number of piperazine rings is 1. The molecule has 20 heavy (non-hydrogen) atoms. The number of esters is 1. The maximum absolute atomic E-state index is 11.7. The Bertz CT molecular complexity index is 314. The van der Waals surface area contributed by atoms with Crippen LogP contribution in [0.4, 0.5) is 0 Å². The molecule has 0 amide bonds. The molecule has 0 N–H and O–H groups in total. The number of carbonyl (C=O) groups is 1. The predicted octanol–water partition coefficient (Wildman–Crippen LogP) is 0.650. The molecule has 5 heteroatoms. The Kier molecular flexibility index (Phi) is 5.81. The fourth-order valence-corrected chi connectivity index (χ4v) is 3.18. The second-order valence-corrected chi connectivity index (χ2v) is 6.19. The first-order valence-corrected chi connectivity index (χ1v) is 7.96. The first-order chi connectivity index (χ1) is 9.58. The zero-order valence-corrected chi connectivity index (χ0v) is 13.2. The van der Waals surface area contributed by atoms with Crippen molar-refractivity contribution in [1.29, 1.82) is 0 Å². The molecule has 1 atom stereocenters. The van der Waals surface area contributed by atoms with Crippen LogP contribution < -0.4 is 0 Å². The normalized spacial score (nSPS) is 26.3. The van der Waals surface area contributed by atoms with E-state index in [1.165, 1.54) is 32.6 Å². The van der Waals surface area contributed by atoms with Crippen molar-refractivity contribution in [2.24, 2.45) is 0 Å². The number of ether oxygens (including phenoxy) is 1. The Hall–Kier alpha value is -0.650. The lowest BCUT2D eigenvalue weighted by atomic mass is 10.2. The van der Waals surface area contributed by atoms with E-state index in [4.69, 9.17) is 4.74 Å². The van der Waals surface area contributed by atoms with Crippen molar-refractivity contribution in [2.75, 3.05) is 52.4 Å². The van der Waals surface area contributed by atoms with Gasteiger partial charge in [0, 0.05) is 45.3 Å². The van der Waals surface area contributed by atoms with E-state index in [2.05, 4.69) is 21.6 Å². The maximum atomic E-state index is 11.7. The largest absolute Gasteiger partial charge is 0.462 e.